The molecule has 0 rings (SSSR count). The first kappa shape index (κ1) is 12.1. The lowest BCUT2D eigenvalue weighted by Crippen LogP contribution is -2.27. The summed E-state index contributed by atoms with van der Waals surface area (Å²) in [5, 5.41) is 2.90. The van der Waals surface area contributed by atoms with Crippen LogP contribution >= 0.6 is 0 Å². The van der Waals surface area contributed by atoms with Crippen LogP contribution in [0.15, 0.2) is 12.7 Å². The van der Waals surface area contributed by atoms with Crippen LogP contribution in [0.5, 0.6) is 0 Å². The molecular weight excluding hydrogens is 170 g/mol. The van der Waals surface area contributed by atoms with Gasteiger partial charge in [0, 0.05) is 6.54 Å². The summed E-state index contributed by atoms with van der Waals surface area (Å²) in [6, 6.07) is 0. The third-order valence-electron chi connectivity index (χ3n) is 1.23. The fourth-order valence-electron chi connectivity index (χ4n) is 0.713. The van der Waals surface area contributed by atoms with Crippen molar-refractivity contribution in [3.8, 4) is 0 Å². The molecule has 0 aliphatic rings. The van der Waals surface area contributed by atoms with Crippen LogP contribution in [0.2, 0.25) is 0 Å². The second-order valence-corrected chi connectivity index (χ2v) is 2.35. The van der Waals surface area contributed by atoms with Gasteiger partial charge in [0.05, 0.1) is 26.4 Å². The van der Waals surface area contributed by atoms with Crippen LogP contribution < -0.4 is 5.32 Å². The summed E-state index contributed by atoms with van der Waals surface area (Å²) in [6.45, 7) is 7.72. The van der Waals surface area contributed by atoms with Gasteiger partial charge in [0.2, 0.25) is 0 Å². The van der Waals surface area contributed by atoms with Gasteiger partial charge in [-0.2, -0.15) is 0 Å². The standard InChI is InChI=1S/C9H17NO3/c1-3-6-12-7-5-10-8-9(11)13-4-2/h3,10H,1,4-8H2,2H3. The Kier molecular flexibility index (Phi) is 8.60. The molecule has 0 heterocycles. The zero-order valence-corrected chi connectivity index (χ0v) is 8.04. The summed E-state index contributed by atoms with van der Waals surface area (Å²) in [5.41, 5.74) is 0. The van der Waals surface area contributed by atoms with Gasteiger partial charge in [0.15, 0.2) is 0 Å². The molecule has 13 heavy (non-hydrogen) atoms. The second kappa shape index (κ2) is 9.22. The van der Waals surface area contributed by atoms with Gasteiger partial charge in [-0.3, -0.25) is 4.79 Å². The van der Waals surface area contributed by atoms with Gasteiger partial charge in [0.25, 0.3) is 0 Å². The summed E-state index contributed by atoms with van der Waals surface area (Å²) in [6.07, 6.45) is 1.69. The number of ether oxygens (including phenoxy) is 2. The highest BCUT2D eigenvalue weighted by Crippen LogP contribution is 1.76. The Balaban J connectivity index is 3.06. The maximum atomic E-state index is 10.8. The highest BCUT2D eigenvalue weighted by Gasteiger charge is 1.98. The Bertz CT molecular complexity index is 148. The quantitative estimate of drug-likeness (QED) is 0.338. The van der Waals surface area contributed by atoms with E-state index in [-0.39, 0.29) is 12.5 Å². The van der Waals surface area contributed by atoms with Gasteiger partial charge < -0.3 is 14.8 Å². The molecule has 0 amide bonds. The van der Waals surface area contributed by atoms with Crippen molar-refractivity contribution >= 4 is 5.97 Å². The first-order valence-electron chi connectivity index (χ1n) is 4.36. The van der Waals surface area contributed by atoms with Crippen LogP contribution in [0.3, 0.4) is 0 Å². The van der Waals surface area contributed by atoms with E-state index in [0.29, 0.717) is 26.4 Å². The van der Waals surface area contributed by atoms with Crippen molar-refractivity contribution in [3.63, 3.8) is 0 Å². The van der Waals surface area contributed by atoms with Crippen LogP contribution in [-0.4, -0.2) is 38.9 Å². The summed E-state index contributed by atoms with van der Waals surface area (Å²) < 4.78 is 9.80. The summed E-state index contributed by atoms with van der Waals surface area (Å²) in [7, 11) is 0. The van der Waals surface area contributed by atoms with Crippen molar-refractivity contribution in [2.75, 3.05) is 32.9 Å². The molecule has 0 spiro atoms. The molecule has 0 aromatic rings. The summed E-state index contributed by atoms with van der Waals surface area (Å²) in [4.78, 5) is 10.8. The minimum Gasteiger partial charge on any atom is -0.465 e. The Morgan fingerprint density at radius 2 is 2.38 bits per heavy atom. The molecule has 0 saturated carbocycles. The number of nitrogens with one attached hydrogen (secondary N) is 1. The van der Waals surface area contributed by atoms with Crippen molar-refractivity contribution in [1.29, 1.82) is 0 Å². The lowest BCUT2D eigenvalue weighted by Gasteiger charge is -2.04. The van der Waals surface area contributed by atoms with Gasteiger partial charge in [-0.25, -0.2) is 0 Å². The first-order chi connectivity index (χ1) is 6.31. The van der Waals surface area contributed by atoms with Crippen LogP contribution in [0.1, 0.15) is 6.92 Å². The fraction of sp³-hybridized carbons (Fsp3) is 0.667. The molecule has 76 valence electrons. The molecular formula is C9H17NO3. The molecule has 1 N–H and O–H groups in total. The Hall–Kier alpha value is -0.870. The minimum absolute atomic E-state index is 0.230. The molecule has 0 bridgehead atoms. The monoisotopic (exact) mass is 187 g/mol. The lowest BCUT2D eigenvalue weighted by atomic mass is 10.6. The van der Waals surface area contributed by atoms with Crippen LogP contribution in [-0.2, 0) is 14.3 Å². The third-order valence-corrected chi connectivity index (χ3v) is 1.23. The average Bonchev–Trinajstić information content (AvgIpc) is 2.11. The van der Waals surface area contributed by atoms with E-state index in [1.165, 1.54) is 0 Å². The summed E-state index contributed by atoms with van der Waals surface area (Å²) in [5.74, 6) is -0.230. The number of hydrogen-bond acceptors (Lipinski definition) is 4. The molecule has 0 fully saturated rings. The van der Waals surface area contributed by atoms with Gasteiger partial charge in [0.1, 0.15) is 0 Å². The van der Waals surface area contributed by atoms with Gasteiger partial charge in [-0.05, 0) is 6.92 Å². The second-order valence-electron chi connectivity index (χ2n) is 2.35. The van der Waals surface area contributed by atoms with E-state index in [1.54, 1.807) is 13.0 Å². The minimum atomic E-state index is -0.230. The van der Waals surface area contributed by atoms with Crippen molar-refractivity contribution < 1.29 is 14.3 Å². The third kappa shape index (κ3) is 9.04. The van der Waals surface area contributed by atoms with E-state index in [4.69, 9.17) is 9.47 Å². The molecule has 0 atom stereocenters. The highest BCUT2D eigenvalue weighted by atomic mass is 16.5. The topological polar surface area (TPSA) is 47.6 Å². The van der Waals surface area contributed by atoms with E-state index in [9.17, 15) is 4.79 Å². The van der Waals surface area contributed by atoms with E-state index >= 15 is 0 Å². The van der Waals surface area contributed by atoms with Gasteiger partial charge in [-0.15, -0.1) is 6.58 Å². The Labute approximate surface area is 78.9 Å². The smallest absolute Gasteiger partial charge is 0.319 e. The number of esters is 1. The molecule has 0 saturated heterocycles. The molecule has 0 radical (unpaired) electrons. The molecule has 0 aromatic heterocycles. The van der Waals surface area contributed by atoms with Crippen LogP contribution in [0, 0.1) is 0 Å². The lowest BCUT2D eigenvalue weighted by molar-refractivity contribution is -0.142. The maximum absolute atomic E-state index is 10.8. The largest absolute Gasteiger partial charge is 0.465 e. The molecule has 0 aromatic carbocycles. The molecule has 0 unspecified atom stereocenters. The highest BCUT2D eigenvalue weighted by molar-refractivity contribution is 5.71. The fourth-order valence-corrected chi connectivity index (χ4v) is 0.713. The van der Waals surface area contributed by atoms with Crippen LogP contribution in [0.4, 0.5) is 0 Å². The number of rotatable bonds is 8. The van der Waals surface area contributed by atoms with Gasteiger partial charge >= 0.3 is 5.97 Å². The van der Waals surface area contributed by atoms with Crippen molar-refractivity contribution in [2.24, 2.45) is 0 Å². The zero-order valence-electron chi connectivity index (χ0n) is 8.04. The zero-order chi connectivity index (χ0) is 9.94. The van der Waals surface area contributed by atoms with E-state index in [0.717, 1.165) is 0 Å². The molecule has 4 nitrogen and oxygen atoms in total. The predicted octanol–water partition coefficient (Wildman–Crippen LogP) is 0.342. The number of carbonyl (C=O) groups excluding carboxylic acids is 1. The normalized spacial score (nSPS) is 9.62. The van der Waals surface area contributed by atoms with E-state index in [2.05, 4.69) is 11.9 Å². The Morgan fingerprint density at radius 3 is 3.00 bits per heavy atom. The summed E-state index contributed by atoms with van der Waals surface area (Å²) >= 11 is 0. The predicted molar refractivity (Wildman–Crippen MR) is 50.5 cm³/mol. The first-order valence-corrected chi connectivity index (χ1v) is 4.36. The SMILES string of the molecule is C=CCOCCNCC(=O)OCC. The van der Waals surface area contributed by atoms with Gasteiger partial charge in [-0.1, -0.05) is 6.08 Å². The van der Waals surface area contributed by atoms with E-state index < -0.39 is 0 Å². The van der Waals surface area contributed by atoms with Crippen molar-refractivity contribution in [1.82, 2.24) is 5.32 Å². The molecule has 0 aliphatic carbocycles. The number of hydrogen-bond donors (Lipinski definition) is 1. The number of carbonyl (C=O) groups is 1. The Morgan fingerprint density at radius 1 is 1.62 bits per heavy atom. The van der Waals surface area contributed by atoms with Crippen LogP contribution in [0.25, 0.3) is 0 Å². The van der Waals surface area contributed by atoms with Crippen molar-refractivity contribution in [3.05, 3.63) is 12.7 Å². The molecule has 0 aliphatic heterocycles. The molecule has 4 heteroatoms. The van der Waals surface area contributed by atoms with E-state index in [1.807, 2.05) is 0 Å². The maximum Gasteiger partial charge on any atom is 0.319 e. The van der Waals surface area contributed by atoms with Crippen molar-refractivity contribution in [2.45, 2.75) is 6.92 Å². The average molecular weight is 187 g/mol.